The Labute approximate surface area is 128 Å². The minimum absolute atomic E-state index is 0.196. The molecule has 1 fully saturated rings. The van der Waals surface area contributed by atoms with Crippen molar-refractivity contribution in [2.45, 2.75) is 38.6 Å². The molecular formula is C16H20BrNO2. The normalized spacial score (nSPS) is 27.1. The molecule has 1 atom stereocenters. The van der Waals surface area contributed by atoms with E-state index in [1.165, 1.54) is 19.3 Å². The van der Waals surface area contributed by atoms with Gasteiger partial charge >= 0.3 is 0 Å². The number of benzene rings is 1. The van der Waals surface area contributed by atoms with Gasteiger partial charge in [0.1, 0.15) is 17.9 Å². The zero-order valence-electron chi connectivity index (χ0n) is 12.0. The van der Waals surface area contributed by atoms with Crippen LogP contribution in [-0.4, -0.2) is 35.9 Å². The molecule has 3 rings (SSSR count). The van der Waals surface area contributed by atoms with Gasteiger partial charge in [0.2, 0.25) is 0 Å². The molecule has 0 spiro atoms. The van der Waals surface area contributed by atoms with Crippen LogP contribution in [0.25, 0.3) is 0 Å². The van der Waals surface area contributed by atoms with Gasteiger partial charge in [0.05, 0.1) is 5.56 Å². The second kappa shape index (κ2) is 5.15. The Morgan fingerprint density at radius 2 is 1.95 bits per heavy atom. The molecule has 0 radical (unpaired) electrons. The van der Waals surface area contributed by atoms with Crippen molar-refractivity contribution in [1.82, 2.24) is 4.90 Å². The number of halogens is 1. The Kier molecular flexibility index (Phi) is 3.63. The number of ketones is 1. The summed E-state index contributed by atoms with van der Waals surface area (Å²) in [5, 5.41) is 0. The van der Waals surface area contributed by atoms with Crippen molar-refractivity contribution in [2.75, 3.05) is 19.7 Å². The largest absolute Gasteiger partial charge is 0.490 e. The van der Waals surface area contributed by atoms with E-state index in [-0.39, 0.29) is 5.78 Å². The van der Waals surface area contributed by atoms with E-state index in [9.17, 15) is 4.79 Å². The summed E-state index contributed by atoms with van der Waals surface area (Å²) in [6, 6.07) is 3.86. The Morgan fingerprint density at radius 3 is 2.65 bits per heavy atom. The molecule has 2 heterocycles. The number of Topliss-reactive ketones (excluding diaryl/α,β-unsaturated/α-hetero) is 1. The Morgan fingerprint density at radius 1 is 1.25 bits per heavy atom. The van der Waals surface area contributed by atoms with Crippen molar-refractivity contribution in [3.05, 3.63) is 27.7 Å². The third-order valence-corrected chi connectivity index (χ3v) is 5.41. The molecule has 2 aliphatic rings. The first kappa shape index (κ1) is 14.1. The van der Waals surface area contributed by atoms with Gasteiger partial charge in [-0.05, 0) is 57.5 Å². The van der Waals surface area contributed by atoms with E-state index >= 15 is 0 Å². The predicted octanol–water partition coefficient (Wildman–Crippen LogP) is 3.58. The zero-order chi connectivity index (χ0) is 14.3. The van der Waals surface area contributed by atoms with Gasteiger partial charge in [-0.1, -0.05) is 22.4 Å². The van der Waals surface area contributed by atoms with Crippen LogP contribution in [0.1, 0.15) is 42.1 Å². The minimum Gasteiger partial charge on any atom is -0.490 e. The van der Waals surface area contributed by atoms with Gasteiger partial charge in [0.15, 0.2) is 5.78 Å². The minimum atomic E-state index is -0.512. The van der Waals surface area contributed by atoms with Gasteiger partial charge in [-0.25, -0.2) is 0 Å². The SMILES string of the molecule is Cc1cc2c(cc1Br)C(=O)[C@](C)(N1CCCCC1)CO2. The molecule has 0 N–H and O–H groups in total. The number of ether oxygens (including phenoxy) is 1. The van der Waals surface area contributed by atoms with Gasteiger partial charge in [0, 0.05) is 4.47 Å². The fourth-order valence-corrected chi connectivity index (χ4v) is 3.49. The second-order valence-electron chi connectivity index (χ2n) is 6.04. The van der Waals surface area contributed by atoms with Crippen LogP contribution < -0.4 is 4.74 Å². The van der Waals surface area contributed by atoms with Crippen LogP contribution >= 0.6 is 15.9 Å². The number of hydrogen-bond donors (Lipinski definition) is 0. The first-order valence-corrected chi connectivity index (χ1v) is 8.04. The number of likely N-dealkylation sites (tertiary alicyclic amines) is 1. The molecule has 0 bridgehead atoms. The highest BCUT2D eigenvalue weighted by Crippen LogP contribution is 2.36. The molecule has 0 amide bonds. The number of carbonyl (C=O) groups excluding carboxylic acids is 1. The average molecular weight is 338 g/mol. The standard InChI is InChI=1S/C16H20BrNO2/c1-11-8-14-12(9-13(11)17)15(19)16(2,10-20-14)18-6-4-3-5-7-18/h8-9H,3-7,10H2,1-2H3/t16-/m1/s1. The van der Waals surface area contributed by atoms with Crippen molar-refractivity contribution < 1.29 is 9.53 Å². The van der Waals surface area contributed by atoms with E-state index in [1.54, 1.807) is 0 Å². The molecular weight excluding hydrogens is 318 g/mol. The maximum Gasteiger partial charge on any atom is 0.190 e. The van der Waals surface area contributed by atoms with Gasteiger partial charge in [-0.15, -0.1) is 0 Å². The van der Waals surface area contributed by atoms with E-state index in [0.29, 0.717) is 12.2 Å². The molecule has 1 saturated heterocycles. The number of hydrogen-bond acceptors (Lipinski definition) is 3. The van der Waals surface area contributed by atoms with Crippen molar-refractivity contribution in [3.8, 4) is 5.75 Å². The van der Waals surface area contributed by atoms with Gasteiger partial charge in [0.25, 0.3) is 0 Å². The molecule has 20 heavy (non-hydrogen) atoms. The lowest BCUT2D eigenvalue weighted by Crippen LogP contribution is -2.59. The zero-order valence-corrected chi connectivity index (χ0v) is 13.6. The highest BCUT2D eigenvalue weighted by Gasteiger charge is 2.45. The quantitative estimate of drug-likeness (QED) is 0.784. The van der Waals surface area contributed by atoms with Crippen LogP contribution in [0.5, 0.6) is 5.75 Å². The Bertz CT molecular complexity index is 552. The number of piperidine rings is 1. The number of nitrogens with zero attached hydrogens (tertiary/aromatic N) is 1. The van der Waals surface area contributed by atoms with E-state index in [0.717, 1.165) is 28.9 Å². The lowest BCUT2D eigenvalue weighted by molar-refractivity contribution is 0.0251. The summed E-state index contributed by atoms with van der Waals surface area (Å²) in [6.45, 7) is 6.48. The monoisotopic (exact) mass is 337 g/mol. The fraction of sp³-hybridized carbons (Fsp3) is 0.562. The molecule has 3 nitrogen and oxygen atoms in total. The summed E-state index contributed by atoms with van der Waals surface area (Å²) < 4.78 is 6.88. The van der Waals surface area contributed by atoms with Crippen molar-refractivity contribution in [3.63, 3.8) is 0 Å². The lowest BCUT2D eigenvalue weighted by Gasteiger charge is -2.44. The van der Waals surface area contributed by atoms with Crippen LogP contribution in [0.3, 0.4) is 0 Å². The first-order chi connectivity index (χ1) is 9.52. The summed E-state index contributed by atoms with van der Waals surface area (Å²) in [5.74, 6) is 0.923. The van der Waals surface area contributed by atoms with Crippen LogP contribution in [0.4, 0.5) is 0 Å². The molecule has 0 saturated carbocycles. The summed E-state index contributed by atoms with van der Waals surface area (Å²) in [7, 11) is 0. The second-order valence-corrected chi connectivity index (χ2v) is 6.89. The van der Waals surface area contributed by atoms with E-state index < -0.39 is 5.54 Å². The summed E-state index contributed by atoms with van der Waals surface area (Å²) in [6.07, 6.45) is 3.61. The summed E-state index contributed by atoms with van der Waals surface area (Å²) in [4.78, 5) is 15.3. The predicted molar refractivity (Wildman–Crippen MR) is 82.5 cm³/mol. The van der Waals surface area contributed by atoms with E-state index in [4.69, 9.17) is 4.74 Å². The Balaban J connectivity index is 1.97. The smallest absolute Gasteiger partial charge is 0.190 e. The van der Waals surface area contributed by atoms with Crippen LogP contribution in [0.2, 0.25) is 0 Å². The first-order valence-electron chi connectivity index (χ1n) is 7.25. The molecule has 0 unspecified atom stereocenters. The molecule has 4 heteroatoms. The van der Waals surface area contributed by atoms with Crippen molar-refractivity contribution >= 4 is 21.7 Å². The molecule has 2 aliphatic heterocycles. The summed E-state index contributed by atoms with van der Waals surface area (Å²) >= 11 is 3.51. The van der Waals surface area contributed by atoms with Crippen LogP contribution in [-0.2, 0) is 0 Å². The molecule has 0 aromatic heterocycles. The maximum absolute atomic E-state index is 13.0. The van der Waals surface area contributed by atoms with Crippen molar-refractivity contribution in [1.29, 1.82) is 0 Å². The van der Waals surface area contributed by atoms with E-state index in [2.05, 4.69) is 20.8 Å². The Hall–Kier alpha value is -0.870. The molecule has 1 aromatic carbocycles. The number of aryl methyl sites for hydroxylation is 1. The molecule has 1 aromatic rings. The fourth-order valence-electron chi connectivity index (χ4n) is 3.15. The van der Waals surface area contributed by atoms with Gasteiger partial charge in [-0.2, -0.15) is 0 Å². The van der Waals surface area contributed by atoms with Gasteiger partial charge in [-0.3, -0.25) is 9.69 Å². The van der Waals surface area contributed by atoms with Crippen LogP contribution in [0, 0.1) is 6.92 Å². The molecule has 108 valence electrons. The van der Waals surface area contributed by atoms with Crippen molar-refractivity contribution in [2.24, 2.45) is 0 Å². The average Bonchev–Trinajstić information content (AvgIpc) is 2.46. The number of carbonyl (C=O) groups is 1. The van der Waals surface area contributed by atoms with E-state index in [1.807, 2.05) is 26.0 Å². The third kappa shape index (κ3) is 2.19. The molecule has 0 aliphatic carbocycles. The number of rotatable bonds is 1. The number of fused-ring (bicyclic) bond motifs is 1. The lowest BCUT2D eigenvalue weighted by atomic mass is 9.85. The highest BCUT2D eigenvalue weighted by molar-refractivity contribution is 9.10. The van der Waals surface area contributed by atoms with Crippen LogP contribution in [0.15, 0.2) is 16.6 Å². The maximum atomic E-state index is 13.0. The third-order valence-electron chi connectivity index (χ3n) is 4.56. The van der Waals surface area contributed by atoms with Gasteiger partial charge < -0.3 is 4.74 Å². The topological polar surface area (TPSA) is 29.5 Å². The highest BCUT2D eigenvalue weighted by atomic mass is 79.9. The summed E-state index contributed by atoms with van der Waals surface area (Å²) in [5.41, 5.74) is 1.29.